The van der Waals surface area contributed by atoms with Crippen molar-refractivity contribution >= 4 is 22.6 Å². The van der Waals surface area contributed by atoms with Crippen LogP contribution in [0.25, 0.3) is 10.9 Å². The zero-order valence-corrected chi connectivity index (χ0v) is 15.5. The number of benzene rings is 2. The summed E-state index contributed by atoms with van der Waals surface area (Å²) in [6.07, 6.45) is 0.438. The molecule has 0 atom stereocenters. The van der Waals surface area contributed by atoms with Gasteiger partial charge in [-0.25, -0.2) is 0 Å². The number of aromatic nitrogens is 1. The van der Waals surface area contributed by atoms with E-state index in [0.29, 0.717) is 12.1 Å². The molecule has 0 unspecified atom stereocenters. The topological polar surface area (TPSA) is 51.1 Å². The van der Waals surface area contributed by atoms with Gasteiger partial charge in [0.1, 0.15) is 0 Å². The smallest absolute Gasteiger partial charge is 0.220 e. The van der Waals surface area contributed by atoms with Crippen LogP contribution in [0.4, 0.5) is 0 Å². The number of fused-ring (bicyclic) bond motifs is 1. The number of Topliss-reactive ketones (excluding diaryl/α,β-unsaturated/α-hetero) is 1. The van der Waals surface area contributed by atoms with Crippen molar-refractivity contribution in [3.05, 3.63) is 70.9 Å². The first-order valence-corrected chi connectivity index (χ1v) is 8.86. The summed E-state index contributed by atoms with van der Waals surface area (Å²) >= 11 is 0. The number of nitrogens with zero attached hydrogens (tertiary/aromatic N) is 1. The maximum Gasteiger partial charge on any atom is 0.220 e. The molecule has 134 valence electrons. The van der Waals surface area contributed by atoms with E-state index >= 15 is 0 Å². The number of carbonyl (C=O) groups is 2. The lowest BCUT2D eigenvalue weighted by atomic mass is 10.0. The van der Waals surface area contributed by atoms with Gasteiger partial charge in [-0.15, -0.1) is 0 Å². The van der Waals surface area contributed by atoms with E-state index in [2.05, 4.69) is 35.0 Å². The lowest BCUT2D eigenvalue weighted by molar-refractivity contribution is -0.121. The third-order valence-corrected chi connectivity index (χ3v) is 4.86. The first-order valence-electron chi connectivity index (χ1n) is 8.86. The predicted molar refractivity (Wildman–Crippen MR) is 104 cm³/mol. The number of amides is 1. The van der Waals surface area contributed by atoms with Crippen molar-refractivity contribution < 1.29 is 9.59 Å². The van der Waals surface area contributed by atoms with Crippen LogP contribution in [-0.2, 0) is 18.4 Å². The number of aryl methyl sites for hydroxylation is 3. The number of nitrogens with one attached hydrogen (secondary N) is 1. The van der Waals surface area contributed by atoms with Crippen molar-refractivity contribution in [1.29, 1.82) is 0 Å². The monoisotopic (exact) mass is 348 g/mol. The number of hydrogen-bond donors (Lipinski definition) is 1. The van der Waals surface area contributed by atoms with Gasteiger partial charge in [-0.1, -0.05) is 30.3 Å². The number of rotatable bonds is 6. The van der Waals surface area contributed by atoms with Gasteiger partial charge >= 0.3 is 0 Å². The number of carbonyl (C=O) groups excluding carboxylic acids is 2. The fraction of sp³-hybridized carbons (Fsp3) is 0.273. The van der Waals surface area contributed by atoms with E-state index in [-0.39, 0.29) is 24.5 Å². The van der Waals surface area contributed by atoms with Gasteiger partial charge in [0.15, 0.2) is 5.78 Å². The summed E-state index contributed by atoms with van der Waals surface area (Å²) in [6, 6.07) is 15.8. The minimum absolute atomic E-state index is 0.0134. The lowest BCUT2D eigenvalue weighted by Gasteiger charge is -2.07. The zero-order chi connectivity index (χ0) is 18.7. The quantitative estimate of drug-likeness (QED) is 0.683. The molecule has 1 amide bonds. The summed E-state index contributed by atoms with van der Waals surface area (Å²) in [5.41, 5.74) is 5.09. The molecule has 1 heterocycles. The summed E-state index contributed by atoms with van der Waals surface area (Å²) in [5, 5.41) is 4.08. The minimum atomic E-state index is -0.101. The molecule has 3 rings (SSSR count). The average Bonchev–Trinajstić information content (AvgIpc) is 2.92. The minimum Gasteiger partial charge on any atom is -0.352 e. The van der Waals surface area contributed by atoms with Crippen LogP contribution >= 0.6 is 0 Å². The first kappa shape index (κ1) is 17.9. The van der Waals surface area contributed by atoms with Crippen molar-refractivity contribution in [2.24, 2.45) is 7.05 Å². The highest BCUT2D eigenvalue weighted by molar-refractivity contribution is 5.99. The van der Waals surface area contributed by atoms with E-state index in [0.717, 1.165) is 11.1 Å². The molecule has 0 fully saturated rings. The van der Waals surface area contributed by atoms with Gasteiger partial charge in [0.05, 0.1) is 0 Å². The van der Waals surface area contributed by atoms with Crippen LogP contribution in [0.2, 0.25) is 0 Å². The van der Waals surface area contributed by atoms with Crippen molar-refractivity contribution in [2.75, 3.05) is 0 Å². The van der Waals surface area contributed by atoms with Crippen molar-refractivity contribution in [3.8, 4) is 0 Å². The third kappa shape index (κ3) is 3.85. The molecule has 3 aromatic rings. The van der Waals surface area contributed by atoms with Crippen molar-refractivity contribution in [2.45, 2.75) is 33.2 Å². The molecule has 0 saturated carbocycles. The highest BCUT2D eigenvalue weighted by atomic mass is 16.2. The van der Waals surface area contributed by atoms with Crippen LogP contribution in [-0.4, -0.2) is 16.3 Å². The Morgan fingerprint density at radius 1 is 1.00 bits per heavy atom. The molecule has 2 aromatic carbocycles. The molecule has 1 N–H and O–H groups in total. The zero-order valence-electron chi connectivity index (χ0n) is 15.5. The Labute approximate surface area is 153 Å². The molecule has 0 aliphatic rings. The van der Waals surface area contributed by atoms with Gasteiger partial charge < -0.3 is 9.88 Å². The average molecular weight is 348 g/mol. The molecule has 4 nitrogen and oxygen atoms in total. The Kier molecular flexibility index (Phi) is 5.21. The molecule has 0 spiro atoms. The van der Waals surface area contributed by atoms with Gasteiger partial charge in [0, 0.05) is 48.6 Å². The van der Waals surface area contributed by atoms with Crippen LogP contribution in [0.3, 0.4) is 0 Å². The number of hydrogen-bond acceptors (Lipinski definition) is 2. The Hall–Kier alpha value is -2.88. The fourth-order valence-corrected chi connectivity index (χ4v) is 3.18. The predicted octanol–water partition coefficient (Wildman–Crippen LogP) is 4.07. The molecule has 0 saturated heterocycles. The lowest BCUT2D eigenvalue weighted by Crippen LogP contribution is -2.23. The summed E-state index contributed by atoms with van der Waals surface area (Å²) < 4.78 is 2.15. The van der Waals surface area contributed by atoms with Gasteiger partial charge in [0.25, 0.3) is 0 Å². The Morgan fingerprint density at radius 2 is 1.77 bits per heavy atom. The largest absolute Gasteiger partial charge is 0.352 e. The second-order valence-electron chi connectivity index (χ2n) is 6.75. The Bertz CT molecular complexity index is 969. The van der Waals surface area contributed by atoms with Gasteiger partial charge in [-0.3, -0.25) is 9.59 Å². The molecule has 0 aliphatic heterocycles. The van der Waals surface area contributed by atoms with Crippen LogP contribution in [0, 0.1) is 13.8 Å². The SMILES string of the molecule is Cc1ccccc1C(=O)CCC(=O)NCc1ccc2c(c1)cc(C)n2C. The van der Waals surface area contributed by atoms with E-state index in [1.807, 2.05) is 44.3 Å². The number of ketones is 1. The molecule has 0 bridgehead atoms. The first-order chi connectivity index (χ1) is 12.5. The Balaban J connectivity index is 1.54. The highest BCUT2D eigenvalue weighted by Crippen LogP contribution is 2.19. The van der Waals surface area contributed by atoms with E-state index in [4.69, 9.17) is 0 Å². The van der Waals surface area contributed by atoms with E-state index in [1.165, 1.54) is 16.6 Å². The molecule has 1 aromatic heterocycles. The van der Waals surface area contributed by atoms with E-state index < -0.39 is 0 Å². The second kappa shape index (κ2) is 7.56. The highest BCUT2D eigenvalue weighted by Gasteiger charge is 2.11. The summed E-state index contributed by atoms with van der Waals surface area (Å²) in [4.78, 5) is 24.3. The van der Waals surface area contributed by atoms with E-state index in [9.17, 15) is 9.59 Å². The fourth-order valence-electron chi connectivity index (χ4n) is 3.18. The normalized spacial score (nSPS) is 10.9. The maximum atomic E-state index is 12.2. The van der Waals surface area contributed by atoms with Crippen molar-refractivity contribution in [1.82, 2.24) is 9.88 Å². The molecular formula is C22H24N2O2. The Morgan fingerprint density at radius 3 is 2.54 bits per heavy atom. The van der Waals surface area contributed by atoms with Crippen LogP contribution < -0.4 is 5.32 Å². The van der Waals surface area contributed by atoms with Gasteiger partial charge in [-0.05, 0) is 43.2 Å². The molecule has 0 aliphatic carbocycles. The van der Waals surface area contributed by atoms with E-state index in [1.54, 1.807) is 0 Å². The molecule has 26 heavy (non-hydrogen) atoms. The molecule has 0 radical (unpaired) electrons. The molecular weight excluding hydrogens is 324 g/mol. The van der Waals surface area contributed by atoms with Crippen LogP contribution in [0.5, 0.6) is 0 Å². The maximum absolute atomic E-state index is 12.2. The third-order valence-electron chi connectivity index (χ3n) is 4.86. The van der Waals surface area contributed by atoms with Gasteiger partial charge in [0.2, 0.25) is 5.91 Å². The van der Waals surface area contributed by atoms with Crippen LogP contribution in [0.15, 0.2) is 48.5 Å². The van der Waals surface area contributed by atoms with Crippen molar-refractivity contribution in [3.63, 3.8) is 0 Å². The van der Waals surface area contributed by atoms with Crippen LogP contribution in [0.1, 0.15) is 40.0 Å². The summed E-state index contributed by atoms with van der Waals surface area (Å²) in [6.45, 7) is 4.46. The standard InChI is InChI=1S/C22H24N2O2/c1-15-6-4-5-7-19(15)21(25)10-11-22(26)23-14-17-8-9-20-18(13-17)12-16(2)24(20)3/h4-9,12-13H,10-11,14H2,1-3H3,(H,23,26). The second-order valence-corrected chi connectivity index (χ2v) is 6.75. The molecule has 4 heteroatoms. The van der Waals surface area contributed by atoms with Gasteiger partial charge in [-0.2, -0.15) is 0 Å². The summed E-state index contributed by atoms with van der Waals surface area (Å²) in [5.74, 6) is -0.0873. The summed E-state index contributed by atoms with van der Waals surface area (Å²) in [7, 11) is 2.05.